The van der Waals surface area contributed by atoms with Crippen molar-refractivity contribution in [2.24, 2.45) is 0 Å². The number of anilines is 1. The normalized spacial score (nSPS) is 10.5. The van der Waals surface area contributed by atoms with Crippen molar-refractivity contribution < 1.29 is 4.79 Å². The average molecular weight is 405 g/mol. The lowest BCUT2D eigenvalue weighted by Gasteiger charge is -1.99. The minimum Gasteiger partial charge on any atom is -0.296 e. The molecule has 0 saturated carbocycles. The highest BCUT2D eigenvalue weighted by Gasteiger charge is 2.19. The number of thiazole rings is 1. The van der Waals surface area contributed by atoms with Gasteiger partial charge in [-0.25, -0.2) is 4.98 Å². The fourth-order valence-corrected chi connectivity index (χ4v) is 4.11. The summed E-state index contributed by atoms with van der Waals surface area (Å²) in [5.74, 6) is -0.0508. The molecule has 2 heterocycles. The van der Waals surface area contributed by atoms with Gasteiger partial charge in [-0.05, 0) is 32.0 Å². The van der Waals surface area contributed by atoms with Gasteiger partial charge in [0.25, 0.3) is 5.91 Å². The van der Waals surface area contributed by atoms with Gasteiger partial charge in [0.2, 0.25) is 0 Å². The van der Waals surface area contributed by atoms with Crippen LogP contribution in [-0.4, -0.2) is 31.6 Å². The molecule has 132 valence electrons. The zero-order valence-corrected chi connectivity index (χ0v) is 16.2. The molecule has 1 aromatic carbocycles. The lowest BCUT2D eigenvalue weighted by Crippen LogP contribution is -2.14. The predicted octanol–water partition coefficient (Wildman–Crippen LogP) is 3.86. The summed E-state index contributed by atoms with van der Waals surface area (Å²) < 4.78 is 0.904. The number of nitrogens with zero attached hydrogens (tertiary/aromatic N) is 5. The van der Waals surface area contributed by atoms with Crippen LogP contribution in [0.3, 0.4) is 0 Å². The van der Waals surface area contributed by atoms with E-state index in [0.29, 0.717) is 27.3 Å². The van der Waals surface area contributed by atoms with Crippen LogP contribution < -0.4 is 5.32 Å². The summed E-state index contributed by atoms with van der Waals surface area (Å²) in [6.07, 6.45) is 0. The number of benzene rings is 1. The van der Waals surface area contributed by atoms with E-state index in [1.807, 2.05) is 6.92 Å². The summed E-state index contributed by atoms with van der Waals surface area (Å²) in [5.41, 5.74) is 2.16. The number of aryl methyl sites for hydroxylation is 2. The monoisotopic (exact) mass is 404 g/mol. The highest BCUT2D eigenvalue weighted by molar-refractivity contribution is 8.01. The van der Waals surface area contributed by atoms with Gasteiger partial charge in [0.05, 0.1) is 33.1 Å². The zero-order valence-electron chi connectivity index (χ0n) is 13.9. The van der Waals surface area contributed by atoms with Crippen LogP contribution in [0.5, 0.6) is 0 Å². The van der Waals surface area contributed by atoms with Gasteiger partial charge >= 0.3 is 0 Å². The molecule has 0 aliphatic rings. The molecule has 26 heavy (non-hydrogen) atoms. The summed E-state index contributed by atoms with van der Waals surface area (Å²) in [5, 5.41) is 21.0. The molecule has 1 N–H and O–H groups in total. The number of halogens is 1. The Kier molecular flexibility index (Phi) is 5.56. The summed E-state index contributed by atoms with van der Waals surface area (Å²) in [4.78, 5) is 18.2. The molecular formula is C16H13ClN6OS2. The molecule has 2 aromatic heterocycles. The van der Waals surface area contributed by atoms with Crippen molar-refractivity contribution in [1.82, 2.24) is 20.0 Å². The van der Waals surface area contributed by atoms with E-state index in [1.165, 1.54) is 27.9 Å². The van der Waals surface area contributed by atoms with E-state index in [0.717, 1.165) is 9.90 Å². The second-order valence-electron chi connectivity index (χ2n) is 5.20. The standard InChI is InChI=1S/C16H13ClN6OS2/c1-9-13(22-23(21-9)12-5-3-4-11(17)8-12)14(24)20-16-19-10(2)15(26-16)25-7-6-18/h3-5,8H,7H2,1-2H3,(H,19,20,24). The van der Waals surface area contributed by atoms with E-state index < -0.39 is 0 Å². The quantitative estimate of drug-likeness (QED) is 0.648. The highest BCUT2D eigenvalue weighted by atomic mass is 35.5. The molecule has 3 rings (SSSR count). The van der Waals surface area contributed by atoms with Crippen molar-refractivity contribution in [1.29, 1.82) is 5.26 Å². The molecule has 0 fully saturated rings. The topological polar surface area (TPSA) is 96.5 Å². The van der Waals surface area contributed by atoms with Crippen molar-refractivity contribution >= 4 is 45.7 Å². The van der Waals surface area contributed by atoms with Crippen LogP contribution in [0.15, 0.2) is 28.5 Å². The molecule has 0 unspecified atom stereocenters. The van der Waals surface area contributed by atoms with Crippen LogP contribution in [-0.2, 0) is 0 Å². The van der Waals surface area contributed by atoms with E-state index >= 15 is 0 Å². The molecule has 0 radical (unpaired) electrons. The summed E-state index contributed by atoms with van der Waals surface area (Å²) >= 11 is 8.71. The van der Waals surface area contributed by atoms with Gasteiger partial charge < -0.3 is 0 Å². The molecule has 0 spiro atoms. The Balaban J connectivity index is 1.80. The third-order valence-corrected chi connectivity index (χ3v) is 5.82. The van der Waals surface area contributed by atoms with Crippen LogP contribution in [0, 0.1) is 25.2 Å². The van der Waals surface area contributed by atoms with Crippen molar-refractivity contribution in [3.63, 3.8) is 0 Å². The zero-order chi connectivity index (χ0) is 18.7. The molecule has 0 aliphatic heterocycles. The average Bonchev–Trinajstić information content (AvgIpc) is 3.15. The van der Waals surface area contributed by atoms with Crippen molar-refractivity contribution in [2.75, 3.05) is 11.1 Å². The summed E-state index contributed by atoms with van der Waals surface area (Å²) in [6, 6.07) is 9.13. The molecule has 1 amide bonds. The van der Waals surface area contributed by atoms with Gasteiger partial charge in [0.15, 0.2) is 10.8 Å². The van der Waals surface area contributed by atoms with Crippen molar-refractivity contribution in [3.8, 4) is 11.8 Å². The molecule has 10 heteroatoms. The van der Waals surface area contributed by atoms with Crippen LogP contribution in [0.1, 0.15) is 21.9 Å². The Hall–Kier alpha value is -2.41. The molecule has 0 bridgehead atoms. The lowest BCUT2D eigenvalue weighted by atomic mass is 10.3. The largest absolute Gasteiger partial charge is 0.296 e. The number of nitrogens with one attached hydrogen (secondary N) is 1. The number of carbonyl (C=O) groups excluding carboxylic acids is 1. The number of nitriles is 1. The highest BCUT2D eigenvalue weighted by Crippen LogP contribution is 2.32. The van der Waals surface area contributed by atoms with Gasteiger partial charge in [-0.3, -0.25) is 10.1 Å². The molecule has 7 nitrogen and oxygen atoms in total. The van der Waals surface area contributed by atoms with E-state index in [1.54, 1.807) is 31.2 Å². The number of rotatable bonds is 5. The Morgan fingerprint density at radius 3 is 2.92 bits per heavy atom. The SMILES string of the molecule is Cc1nn(-c2cccc(Cl)c2)nc1C(=O)Nc1nc(C)c(SCC#N)s1. The Labute approximate surface area is 163 Å². The van der Waals surface area contributed by atoms with E-state index in [2.05, 4.69) is 26.6 Å². The van der Waals surface area contributed by atoms with Crippen LogP contribution in [0.2, 0.25) is 5.02 Å². The van der Waals surface area contributed by atoms with Gasteiger partial charge in [0.1, 0.15) is 0 Å². The summed E-state index contributed by atoms with van der Waals surface area (Å²) in [7, 11) is 0. The Morgan fingerprint density at radius 2 is 2.19 bits per heavy atom. The Morgan fingerprint density at radius 1 is 1.38 bits per heavy atom. The third-order valence-electron chi connectivity index (χ3n) is 3.28. The van der Waals surface area contributed by atoms with Gasteiger partial charge in [0, 0.05) is 5.02 Å². The number of amides is 1. The maximum absolute atomic E-state index is 12.5. The smallest absolute Gasteiger partial charge is 0.279 e. The maximum Gasteiger partial charge on any atom is 0.279 e. The number of hydrogen-bond donors (Lipinski definition) is 1. The molecule has 0 atom stereocenters. The fraction of sp³-hybridized carbons (Fsp3) is 0.188. The molecule has 0 aliphatic carbocycles. The molecule has 0 saturated heterocycles. The van der Waals surface area contributed by atoms with E-state index in [4.69, 9.17) is 16.9 Å². The van der Waals surface area contributed by atoms with Gasteiger partial charge in [-0.2, -0.15) is 15.2 Å². The van der Waals surface area contributed by atoms with Gasteiger partial charge in [-0.15, -0.1) is 5.10 Å². The van der Waals surface area contributed by atoms with Crippen LogP contribution >= 0.6 is 34.7 Å². The first-order valence-corrected chi connectivity index (χ1v) is 9.64. The fourth-order valence-electron chi connectivity index (χ4n) is 2.13. The first kappa shape index (κ1) is 18.4. The van der Waals surface area contributed by atoms with Crippen LogP contribution in [0.25, 0.3) is 5.69 Å². The second-order valence-corrected chi connectivity index (χ2v) is 7.88. The molecular weight excluding hydrogens is 392 g/mol. The molecule has 3 aromatic rings. The van der Waals surface area contributed by atoms with Crippen molar-refractivity contribution in [3.05, 3.63) is 46.4 Å². The number of aromatic nitrogens is 4. The first-order valence-electron chi connectivity index (χ1n) is 7.46. The lowest BCUT2D eigenvalue weighted by molar-refractivity contribution is 0.102. The predicted molar refractivity (Wildman–Crippen MR) is 102 cm³/mol. The van der Waals surface area contributed by atoms with E-state index in [9.17, 15) is 4.79 Å². The maximum atomic E-state index is 12.5. The van der Waals surface area contributed by atoms with E-state index in [-0.39, 0.29) is 11.6 Å². The Bertz CT molecular complexity index is 1010. The van der Waals surface area contributed by atoms with Gasteiger partial charge in [-0.1, -0.05) is 40.8 Å². The third kappa shape index (κ3) is 4.04. The summed E-state index contributed by atoms with van der Waals surface area (Å²) in [6.45, 7) is 3.55. The second kappa shape index (κ2) is 7.86. The number of carbonyl (C=O) groups is 1. The number of hydrogen-bond acceptors (Lipinski definition) is 7. The van der Waals surface area contributed by atoms with Crippen LogP contribution in [0.4, 0.5) is 5.13 Å². The van der Waals surface area contributed by atoms with Crippen molar-refractivity contribution in [2.45, 2.75) is 18.1 Å². The minimum atomic E-state index is -0.388. The minimum absolute atomic E-state index is 0.212. The first-order chi connectivity index (χ1) is 12.5. The number of thioether (sulfide) groups is 1.